The first-order valence-corrected chi connectivity index (χ1v) is 10.0. The number of Topliss-reactive ketones (excluding diaryl/α,β-unsaturated/α-hetero) is 1. The minimum absolute atomic E-state index is 0.0544. The minimum Gasteiger partial charge on any atom is -0.481 e. The van der Waals surface area contributed by atoms with Crippen molar-refractivity contribution in [2.75, 3.05) is 6.26 Å². The molecule has 3 N–H and O–H groups in total. The Bertz CT molecular complexity index is 886. The fraction of sp³-hybridized carbons (Fsp3) is 0.350. The van der Waals surface area contributed by atoms with Crippen LogP contribution in [0.5, 0.6) is 0 Å². The van der Waals surface area contributed by atoms with Crippen LogP contribution in [0, 0.1) is 6.92 Å². The Labute approximate surface area is 161 Å². The summed E-state index contributed by atoms with van der Waals surface area (Å²) in [6.45, 7) is 1.76. The second-order valence-electron chi connectivity index (χ2n) is 6.65. The van der Waals surface area contributed by atoms with E-state index >= 15 is 0 Å². The topological polar surface area (TPSA) is 99.3 Å². The molecule has 142 valence electrons. The fourth-order valence-corrected chi connectivity index (χ4v) is 3.90. The first-order chi connectivity index (χ1) is 12.9. The third-order valence-corrected chi connectivity index (χ3v) is 5.61. The Kier molecular flexibility index (Phi) is 5.70. The molecule has 2 aromatic rings. The van der Waals surface area contributed by atoms with E-state index < -0.39 is 17.9 Å². The van der Waals surface area contributed by atoms with E-state index in [2.05, 4.69) is 10.3 Å². The van der Waals surface area contributed by atoms with Crippen molar-refractivity contribution in [2.45, 2.75) is 43.5 Å². The van der Waals surface area contributed by atoms with Gasteiger partial charge in [-0.25, -0.2) is 0 Å². The lowest BCUT2D eigenvalue weighted by atomic mass is 9.93. The van der Waals surface area contributed by atoms with Crippen LogP contribution >= 0.6 is 11.8 Å². The van der Waals surface area contributed by atoms with Gasteiger partial charge in [0.15, 0.2) is 5.78 Å². The summed E-state index contributed by atoms with van der Waals surface area (Å²) in [6, 6.07) is 6.81. The predicted molar refractivity (Wildman–Crippen MR) is 103 cm³/mol. The maximum absolute atomic E-state index is 12.8. The van der Waals surface area contributed by atoms with Crippen LogP contribution in [0.4, 0.5) is 0 Å². The summed E-state index contributed by atoms with van der Waals surface area (Å²) in [4.78, 5) is 40.4. The van der Waals surface area contributed by atoms with Crippen molar-refractivity contribution < 1.29 is 19.5 Å². The molecule has 1 aromatic carbocycles. The van der Waals surface area contributed by atoms with Crippen LogP contribution in [0.2, 0.25) is 0 Å². The van der Waals surface area contributed by atoms with E-state index in [0.717, 1.165) is 29.0 Å². The van der Waals surface area contributed by atoms with Crippen LogP contribution in [-0.4, -0.2) is 34.0 Å². The second-order valence-corrected chi connectivity index (χ2v) is 7.53. The molecule has 1 aliphatic carbocycles. The molecular weight excluding hydrogens is 364 g/mol. The summed E-state index contributed by atoms with van der Waals surface area (Å²) in [5.74, 6) is -1.33. The van der Waals surface area contributed by atoms with Crippen LogP contribution in [-0.2, 0) is 11.2 Å². The van der Waals surface area contributed by atoms with Gasteiger partial charge in [0.1, 0.15) is 5.69 Å². The number of ketones is 1. The zero-order valence-electron chi connectivity index (χ0n) is 15.3. The van der Waals surface area contributed by atoms with Crippen molar-refractivity contribution in [1.82, 2.24) is 10.3 Å². The number of benzene rings is 1. The Morgan fingerprint density at radius 3 is 2.56 bits per heavy atom. The number of hydrogen-bond acceptors (Lipinski definition) is 4. The number of carbonyl (C=O) groups is 3. The summed E-state index contributed by atoms with van der Waals surface area (Å²) < 4.78 is 0. The summed E-state index contributed by atoms with van der Waals surface area (Å²) >= 11 is 1.59. The standard InChI is InChI=1S/C20H22N2O4S/c1-11-18-14(4-3-5-16(18)23)21-19(11)20(26)22-15(10-17(24)25)12-6-8-13(27-2)9-7-12/h6-9,15,21H,3-5,10H2,1-2H3,(H,22,26)(H,24,25). The average Bonchev–Trinajstić information content (AvgIpc) is 2.99. The van der Waals surface area contributed by atoms with E-state index in [1.54, 1.807) is 18.7 Å². The highest BCUT2D eigenvalue weighted by molar-refractivity contribution is 7.98. The first-order valence-electron chi connectivity index (χ1n) is 8.82. The molecule has 1 amide bonds. The number of aryl methyl sites for hydroxylation is 1. The summed E-state index contributed by atoms with van der Waals surface area (Å²) in [5, 5.41) is 12.1. The van der Waals surface area contributed by atoms with Crippen LogP contribution in [0.1, 0.15) is 63.0 Å². The van der Waals surface area contributed by atoms with Gasteiger partial charge >= 0.3 is 5.97 Å². The molecule has 0 fully saturated rings. The van der Waals surface area contributed by atoms with E-state index in [1.165, 1.54) is 0 Å². The number of aromatic nitrogens is 1. The van der Waals surface area contributed by atoms with Gasteiger partial charge in [-0.1, -0.05) is 12.1 Å². The Hall–Kier alpha value is -2.54. The third-order valence-electron chi connectivity index (χ3n) is 4.87. The highest BCUT2D eigenvalue weighted by atomic mass is 32.2. The van der Waals surface area contributed by atoms with Crippen molar-refractivity contribution in [2.24, 2.45) is 0 Å². The number of carboxylic acid groups (broad SMARTS) is 1. The number of rotatable bonds is 6. The number of thioether (sulfide) groups is 1. The molecule has 0 radical (unpaired) electrons. The molecule has 7 heteroatoms. The summed E-state index contributed by atoms with van der Waals surface area (Å²) in [7, 11) is 0. The van der Waals surface area contributed by atoms with Gasteiger partial charge in [-0.3, -0.25) is 14.4 Å². The molecule has 1 atom stereocenters. The molecule has 0 aliphatic heterocycles. The van der Waals surface area contributed by atoms with Crippen molar-refractivity contribution in [1.29, 1.82) is 0 Å². The first kappa shape index (κ1) is 19.2. The quantitative estimate of drug-likeness (QED) is 0.660. The van der Waals surface area contributed by atoms with Crippen molar-refractivity contribution >= 4 is 29.4 Å². The molecule has 1 aromatic heterocycles. The third kappa shape index (κ3) is 4.08. The number of carbonyl (C=O) groups excluding carboxylic acids is 2. The van der Waals surface area contributed by atoms with Crippen LogP contribution < -0.4 is 5.32 Å². The van der Waals surface area contributed by atoms with Gasteiger partial charge in [0.2, 0.25) is 0 Å². The fourth-order valence-electron chi connectivity index (χ4n) is 3.49. The number of amides is 1. The van der Waals surface area contributed by atoms with E-state index in [9.17, 15) is 19.5 Å². The lowest BCUT2D eigenvalue weighted by Gasteiger charge is -2.18. The largest absolute Gasteiger partial charge is 0.481 e. The van der Waals surface area contributed by atoms with Gasteiger partial charge in [-0.2, -0.15) is 0 Å². The van der Waals surface area contributed by atoms with Gasteiger partial charge in [0.05, 0.1) is 12.5 Å². The van der Waals surface area contributed by atoms with Crippen LogP contribution in [0.15, 0.2) is 29.2 Å². The van der Waals surface area contributed by atoms with E-state index in [1.807, 2.05) is 30.5 Å². The maximum atomic E-state index is 12.8. The maximum Gasteiger partial charge on any atom is 0.305 e. The van der Waals surface area contributed by atoms with E-state index in [0.29, 0.717) is 23.2 Å². The molecule has 27 heavy (non-hydrogen) atoms. The van der Waals surface area contributed by atoms with Gasteiger partial charge < -0.3 is 15.4 Å². The van der Waals surface area contributed by atoms with Gasteiger partial charge in [0, 0.05) is 22.6 Å². The van der Waals surface area contributed by atoms with Crippen molar-refractivity contribution in [3.8, 4) is 0 Å². The zero-order chi connectivity index (χ0) is 19.6. The van der Waals surface area contributed by atoms with Crippen LogP contribution in [0.3, 0.4) is 0 Å². The molecular formula is C20H22N2O4S. The smallest absolute Gasteiger partial charge is 0.305 e. The molecule has 0 spiro atoms. The van der Waals surface area contributed by atoms with Crippen LogP contribution in [0.25, 0.3) is 0 Å². The summed E-state index contributed by atoms with van der Waals surface area (Å²) in [5.41, 5.74) is 3.12. The molecule has 1 unspecified atom stereocenters. The number of aromatic amines is 1. The molecule has 6 nitrogen and oxygen atoms in total. The molecule has 1 aliphatic rings. The lowest BCUT2D eigenvalue weighted by molar-refractivity contribution is -0.137. The number of nitrogens with one attached hydrogen (secondary N) is 2. The molecule has 0 saturated carbocycles. The molecule has 0 saturated heterocycles. The predicted octanol–water partition coefficient (Wildman–Crippen LogP) is 3.51. The van der Waals surface area contributed by atoms with Gasteiger partial charge in [-0.05, 0) is 49.3 Å². The van der Waals surface area contributed by atoms with E-state index in [-0.39, 0.29) is 12.2 Å². The number of aliphatic carboxylic acids is 1. The lowest BCUT2D eigenvalue weighted by Crippen LogP contribution is -2.31. The monoisotopic (exact) mass is 386 g/mol. The van der Waals surface area contributed by atoms with Crippen molar-refractivity contribution in [3.63, 3.8) is 0 Å². The number of hydrogen-bond donors (Lipinski definition) is 3. The summed E-state index contributed by atoms with van der Waals surface area (Å²) in [6.07, 6.45) is 3.75. The highest BCUT2D eigenvalue weighted by Crippen LogP contribution is 2.27. The second kappa shape index (κ2) is 8.00. The minimum atomic E-state index is -0.994. The Balaban J connectivity index is 1.86. The average molecular weight is 386 g/mol. The number of H-pyrrole nitrogens is 1. The van der Waals surface area contributed by atoms with Gasteiger partial charge in [0.25, 0.3) is 5.91 Å². The zero-order valence-corrected chi connectivity index (χ0v) is 16.1. The van der Waals surface area contributed by atoms with Gasteiger partial charge in [-0.15, -0.1) is 11.8 Å². The molecule has 3 rings (SSSR count). The molecule has 0 bridgehead atoms. The molecule has 1 heterocycles. The normalized spacial score (nSPS) is 14.5. The highest BCUT2D eigenvalue weighted by Gasteiger charge is 2.28. The SMILES string of the molecule is CSc1ccc(C(CC(=O)O)NC(=O)c2[nH]c3c(c2C)C(=O)CCC3)cc1. The number of carboxylic acids is 1. The number of fused-ring (bicyclic) bond motifs is 1. The van der Waals surface area contributed by atoms with E-state index in [4.69, 9.17) is 0 Å². The van der Waals surface area contributed by atoms with Crippen molar-refractivity contribution in [3.05, 3.63) is 52.3 Å². The Morgan fingerprint density at radius 1 is 1.26 bits per heavy atom. The Morgan fingerprint density at radius 2 is 1.96 bits per heavy atom.